The lowest BCUT2D eigenvalue weighted by Gasteiger charge is -2.36. The minimum absolute atomic E-state index is 0.208. The third-order valence-electron chi connectivity index (χ3n) is 5.06. The van der Waals surface area contributed by atoms with Crippen LogP contribution in [0.4, 0.5) is 11.4 Å². The van der Waals surface area contributed by atoms with Crippen molar-refractivity contribution < 1.29 is 14.3 Å². The van der Waals surface area contributed by atoms with Crippen LogP contribution >= 0.6 is 23.2 Å². The van der Waals surface area contributed by atoms with Gasteiger partial charge < -0.3 is 19.9 Å². The van der Waals surface area contributed by atoms with Crippen molar-refractivity contribution in [3.8, 4) is 5.75 Å². The number of benzene rings is 2. The summed E-state index contributed by atoms with van der Waals surface area (Å²) in [7, 11) is 1.52. The van der Waals surface area contributed by atoms with E-state index in [9.17, 15) is 9.59 Å². The molecule has 1 fully saturated rings. The smallest absolute Gasteiger partial charge is 0.255 e. The number of nitrogens with zero attached hydrogens (tertiary/aromatic N) is 2. The van der Waals surface area contributed by atoms with Crippen molar-refractivity contribution in [3.63, 3.8) is 0 Å². The molecule has 3 rings (SSSR count). The number of halogens is 2. The topological polar surface area (TPSA) is 61.9 Å². The second-order valence-corrected chi connectivity index (χ2v) is 7.90. The van der Waals surface area contributed by atoms with Gasteiger partial charge in [-0.25, -0.2) is 0 Å². The van der Waals surface area contributed by atoms with E-state index in [-0.39, 0.29) is 11.8 Å². The molecule has 2 aromatic rings. The van der Waals surface area contributed by atoms with Crippen LogP contribution in [0.25, 0.3) is 0 Å². The zero-order valence-corrected chi connectivity index (χ0v) is 18.6. The predicted octanol–water partition coefficient (Wildman–Crippen LogP) is 4.70. The number of carbonyl (C=O) groups is 2. The lowest BCUT2D eigenvalue weighted by atomic mass is 10.2. The van der Waals surface area contributed by atoms with E-state index in [4.69, 9.17) is 27.9 Å². The third kappa shape index (κ3) is 5.18. The molecule has 0 aliphatic carbocycles. The molecule has 0 aromatic heterocycles. The van der Waals surface area contributed by atoms with Gasteiger partial charge in [0.25, 0.3) is 5.91 Å². The zero-order chi connectivity index (χ0) is 21.7. The molecular formula is C22H25Cl2N3O3. The lowest BCUT2D eigenvalue weighted by molar-refractivity contribution is -0.131. The van der Waals surface area contributed by atoms with Crippen molar-refractivity contribution in [3.05, 3.63) is 52.0 Å². The summed E-state index contributed by atoms with van der Waals surface area (Å²) in [4.78, 5) is 28.6. The summed E-state index contributed by atoms with van der Waals surface area (Å²) in [6, 6.07) is 10.3. The molecule has 0 radical (unpaired) electrons. The number of piperazine rings is 1. The Morgan fingerprint density at radius 3 is 2.37 bits per heavy atom. The minimum atomic E-state index is -0.286. The van der Waals surface area contributed by atoms with Crippen molar-refractivity contribution in [2.45, 2.75) is 19.8 Å². The Bertz CT molecular complexity index is 928. The van der Waals surface area contributed by atoms with Gasteiger partial charge in [0, 0.05) is 43.9 Å². The molecule has 30 heavy (non-hydrogen) atoms. The van der Waals surface area contributed by atoms with E-state index in [2.05, 4.69) is 10.2 Å². The first-order valence-corrected chi connectivity index (χ1v) is 10.7. The first kappa shape index (κ1) is 22.2. The minimum Gasteiger partial charge on any atom is -0.495 e. The number of ether oxygens (including phenoxy) is 1. The Morgan fingerprint density at radius 1 is 1.03 bits per heavy atom. The van der Waals surface area contributed by atoms with E-state index in [1.807, 2.05) is 24.0 Å². The highest BCUT2D eigenvalue weighted by Crippen LogP contribution is 2.30. The van der Waals surface area contributed by atoms with Crippen LogP contribution < -0.4 is 15.0 Å². The summed E-state index contributed by atoms with van der Waals surface area (Å²) >= 11 is 12.6. The SMILES string of the molecule is CCCC(=O)N1CCN(c2ccc(NC(=O)c3ccc(OC)c(Cl)c3)cc2Cl)CC1. The molecule has 0 spiro atoms. The molecule has 1 saturated heterocycles. The van der Waals surface area contributed by atoms with E-state index >= 15 is 0 Å². The van der Waals surface area contributed by atoms with Crippen LogP contribution in [0.1, 0.15) is 30.1 Å². The van der Waals surface area contributed by atoms with Gasteiger partial charge in [0.05, 0.1) is 22.8 Å². The van der Waals surface area contributed by atoms with Gasteiger partial charge in [-0.3, -0.25) is 9.59 Å². The summed E-state index contributed by atoms with van der Waals surface area (Å²) in [6.07, 6.45) is 1.45. The normalized spacial score (nSPS) is 13.9. The summed E-state index contributed by atoms with van der Waals surface area (Å²) in [5, 5.41) is 3.76. The summed E-state index contributed by atoms with van der Waals surface area (Å²) in [5.74, 6) is 0.434. The molecule has 0 saturated carbocycles. The number of hydrogen-bond donors (Lipinski definition) is 1. The average molecular weight is 450 g/mol. The quantitative estimate of drug-likeness (QED) is 0.693. The van der Waals surface area contributed by atoms with E-state index in [1.54, 1.807) is 24.3 Å². The Kier molecular flexibility index (Phi) is 7.45. The molecule has 2 amide bonds. The molecule has 8 heteroatoms. The average Bonchev–Trinajstić information content (AvgIpc) is 2.74. The third-order valence-corrected chi connectivity index (χ3v) is 5.65. The van der Waals surface area contributed by atoms with Gasteiger partial charge in [-0.2, -0.15) is 0 Å². The number of methoxy groups -OCH3 is 1. The predicted molar refractivity (Wildman–Crippen MR) is 121 cm³/mol. The number of hydrogen-bond acceptors (Lipinski definition) is 4. The number of amides is 2. The van der Waals surface area contributed by atoms with Crippen LogP contribution in [0, 0.1) is 0 Å². The number of nitrogens with one attached hydrogen (secondary N) is 1. The second kappa shape index (κ2) is 10.0. The second-order valence-electron chi connectivity index (χ2n) is 7.09. The van der Waals surface area contributed by atoms with Crippen LogP contribution in [0.2, 0.25) is 10.0 Å². The van der Waals surface area contributed by atoms with Crippen LogP contribution in [-0.2, 0) is 4.79 Å². The van der Waals surface area contributed by atoms with E-state index in [1.165, 1.54) is 7.11 Å². The first-order chi connectivity index (χ1) is 14.4. The van der Waals surface area contributed by atoms with E-state index in [0.29, 0.717) is 46.6 Å². The summed E-state index contributed by atoms with van der Waals surface area (Å²) in [5.41, 5.74) is 1.91. The van der Waals surface area contributed by atoms with Gasteiger partial charge in [-0.15, -0.1) is 0 Å². The number of rotatable bonds is 6. The van der Waals surface area contributed by atoms with Gasteiger partial charge in [0.15, 0.2) is 0 Å². The lowest BCUT2D eigenvalue weighted by Crippen LogP contribution is -2.48. The molecular weight excluding hydrogens is 425 g/mol. The fourth-order valence-corrected chi connectivity index (χ4v) is 3.98. The Balaban J connectivity index is 1.64. The molecule has 6 nitrogen and oxygen atoms in total. The van der Waals surface area contributed by atoms with Gasteiger partial charge in [-0.1, -0.05) is 30.1 Å². The molecule has 1 aliphatic rings. The maximum atomic E-state index is 12.5. The molecule has 0 atom stereocenters. The van der Waals surface area contributed by atoms with Crippen molar-refractivity contribution in [2.24, 2.45) is 0 Å². The molecule has 1 N–H and O–H groups in total. The van der Waals surface area contributed by atoms with Crippen molar-refractivity contribution in [1.82, 2.24) is 4.90 Å². The highest BCUT2D eigenvalue weighted by atomic mass is 35.5. The summed E-state index contributed by atoms with van der Waals surface area (Å²) in [6.45, 7) is 4.84. The van der Waals surface area contributed by atoms with E-state index < -0.39 is 0 Å². The zero-order valence-electron chi connectivity index (χ0n) is 17.1. The van der Waals surface area contributed by atoms with Gasteiger partial charge >= 0.3 is 0 Å². The van der Waals surface area contributed by atoms with Crippen LogP contribution in [-0.4, -0.2) is 50.0 Å². The molecule has 1 heterocycles. The highest BCUT2D eigenvalue weighted by molar-refractivity contribution is 6.34. The van der Waals surface area contributed by atoms with Crippen LogP contribution in [0.3, 0.4) is 0 Å². The van der Waals surface area contributed by atoms with Gasteiger partial charge in [0.2, 0.25) is 5.91 Å². The first-order valence-electron chi connectivity index (χ1n) is 9.90. The molecule has 160 valence electrons. The monoisotopic (exact) mass is 449 g/mol. The molecule has 1 aliphatic heterocycles. The van der Waals surface area contributed by atoms with Crippen LogP contribution in [0.15, 0.2) is 36.4 Å². The Labute approximate surface area is 186 Å². The highest BCUT2D eigenvalue weighted by Gasteiger charge is 2.22. The van der Waals surface area contributed by atoms with Crippen LogP contribution in [0.5, 0.6) is 5.75 Å². The van der Waals surface area contributed by atoms with E-state index in [0.717, 1.165) is 25.2 Å². The molecule has 0 unspecified atom stereocenters. The van der Waals surface area contributed by atoms with Crippen molar-refractivity contribution in [2.75, 3.05) is 43.5 Å². The fraction of sp³-hybridized carbons (Fsp3) is 0.364. The molecule has 2 aromatic carbocycles. The number of anilines is 2. The Hall–Kier alpha value is -2.44. The van der Waals surface area contributed by atoms with Crippen molar-refractivity contribution >= 4 is 46.4 Å². The van der Waals surface area contributed by atoms with Gasteiger partial charge in [-0.05, 0) is 42.8 Å². The maximum Gasteiger partial charge on any atom is 0.255 e. The number of carbonyl (C=O) groups excluding carboxylic acids is 2. The standard InChI is InChI=1S/C22H25Cl2N3O3/c1-3-4-21(28)27-11-9-26(10-12-27)19-7-6-16(14-17(19)23)25-22(29)15-5-8-20(30-2)18(24)13-15/h5-8,13-14H,3-4,9-12H2,1-2H3,(H,25,29). The molecule has 0 bridgehead atoms. The summed E-state index contributed by atoms with van der Waals surface area (Å²) < 4.78 is 5.11. The fourth-order valence-electron chi connectivity index (χ4n) is 3.42. The van der Waals surface area contributed by atoms with Gasteiger partial charge in [0.1, 0.15) is 5.75 Å². The maximum absolute atomic E-state index is 12.5. The van der Waals surface area contributed by atoms with Crippen molar-refractivity contribution in [1.29, 1.82) is 0 Å². The largest absolute Gasteiger partial charge is 0.495 e. The Morgan fingerprint density at radius 2 is 1.77 bits per heavy atom.